The molecule has 0 spiro atoms. The van der Waals surface area contributed by atoms with E-state index in [0.717, 1.165) is 11.3 Å². The van der Waals surface area contributed by atoms with Gasteiger partial charge in [0.25, 0.3) is 0 Å². The Kier molecular flexibility index (Phi) is 6.94. The number of benzene rings is 1. The second kappa shape index (κ2) is 9.17. The highest BCUT2D eigenvalue weighted by Crippen LogP contribution is 2.25. The Morgan fingerprint density at radius 3 is 2.76 bits per heavy atom. The van der Waals surface area contributed by atoms with Gasteiger partial charge in [0.15, 0.2) is 0 Å². The minimum absolute atomic E-state index is 0.124. The average molecular weight is 362 g/mol. The molecule has 2 N–H and O–H groups in total. The molecular formula is C18H22N2O4S. The van der Waals surface area contributed by atoms with E-state index in [1.807, 2.05) is 24.3 Å². The summed E-state index contributed by atoms with van der Waals surface area (Å²) in [7, 11) is 0. The molecule has 2 aromatic rings. The molecule has 6 nitrogen and oxygen atoms in total. The molecule has 0 saturated heterocycles. The molecule has 1 aromatic carbocycles. The Bertz CT molecular complexity index is 727. The number of para-hydroxylation sites is 1. The van der Waals surface area contributed by atoms with Gasteiger partial charge in [-0.15, -0.1) is 11.3 Å². The number of hydrogen-bond donors (Lipinski definition) is 2. The predicted molar refractivity (Wildman–Crippen MR) is 96.2 cm³/mol. The number of ether oxygens (including phenoxy) is 1. The number of carbonyl (C=O) groups is 2. The van der Waals surface area contributed by atoms with Gasteiger partial charge in [-0.05, 0) is 17.5 Å². The Hall–Kier alpha value is -2.41. The summed E-state index contributed by atoms with van der Waals surface area (Å²) in [6.07, 6.45) is 0.0219. The standard InChI is InChI=1S/C18H22N2O4S/c1-12(2)14-5-3-4-6-15(14)24-8-7-19-16(21)10-17-20-13(11-25-17)9-18(22)23/h3-6,11-12H,7-10H2,1-2H3,(H,19,21)(H,22,23). The van der Waals surface area contributed by atoms with E-state index in [4.69, 9.17) is 9.84 Å². The summed E-state index contributed by atoms with van der Waals surface area (Å²) in [6.45, 7) is 5.00. The topological polar surface area (TPSA) is 88.5 Å². The summed E-state index contributed by atoms with van der Waals surface area (Å²) in [5.41, 5.74) is 1.62. The molecule has 0 aliphatic carbocycles. The first-order valence-electron chi connectivity index (χ1n) is 8.09. The second-order valence-electron chi connectivity index (χ2n) is 5.87. The number of nitrogens with zero attached hydrogens (tertiary/aromatic N) is 1. The lowest BCUT2D eigenvalue weighted by Gasteiger charge is -2.14. The lowest BCUT2D eigenvalue weighted by Crippen LogP contribution is -2.29. The molecule has 1 aromatic heterocycles. The van der Waals surface area contributed by atoms with Crippen LogP contribution in [0, 0.1) is 0 Å². The van der Waals surface area contributed by atoms with E-state index in [1.54, 1.807) is 5.38 Å². The number of aliphatic carboxylic acids is 1. The van der Waals surface area contributed by atoms with Gasteiger partial charge in [-0.2, -0.15) is 0 Å². The second-order valence-corrected chi connectivity index (χ2v) is 6.81. The molecule has 25 heavy (non-hydrogen) atoms. The van der Waals surface area contributed by atoms with E-state index in [1.165, 1.54) is 11.3 Å². The van der Waals surface area contributed by atoms with Gasteiger partial charge in [0, 0.05) is 5.38 Å². The van der Waals surface area contributed by atoms with Gasteiger partial charge < -0.3 is 15.2 Å². The van der Waals surface area contributed by atoms with E-state index in [2.05, 4.69) is 24.1 Å². The Morgan fingerprint density at radius 1 is 1.28 bits per heavy atom. The first kappa shape index (κ1) is 18.9. The first-order chi connectivity index (χ1) is 12.0. The highest BCUT2D eigenvalue weighted by atomic mass is 32.1. The van der Waals surface area contributed by atoms with Crippen LogP contribution >= 0.6 is 11.3 Å². The number of carbonyl (C=O) groups excluding carboxylic acids is 1. The quantitative estimate of drug-likeness (QED) is 0.670. The van der Waals surface area contributed by atoms with Crippen LogP contribution in [-0.4, -0.2) is 35.1 Å². The highest BCUT2D eigenvalue weighted by molar-refractivity contribution is 7.09. The maximum atomic E-state index is 11.9. The Labute approximate surface area is 150 Å². The zero-order valence-electron chi connectivity index (χ0n) is 14.3. The monoisotopic (exact) mass is 362 g/mol. The van der Waals surface area contributed by atoms with Crippen molar-refractivity contribution < 1.29 is 19.4 Å². The van der Waals surface area contributed by atoms with E-state index >= 15 is 0 Å². The molecule has 0 radical (unpaired) electrons. The van der Waals surface area contributed by atoms with Crippen LogP contribution in [0.15, 0.2) is 29.6 Å². The molecular weight excluding hydrogens is 340 g/mol. The third kappa shape index (κ3) is 6.19. The minimum atomic E-state index is -0.930. The number of hydrogen-bond acceptors (Lipinski definition) is 5. The van der Waals surface area contributed by atoms with Crippen LogP contribution in [-0.2, 0) is 22.4 Å². The first-order valence-corrected chi connectivity index (χ1v) is 8.97. The van der Waals surface area contributed by atoms with Crippen molar-refractivity contribution in [2.45, 2.75) is 32.6 Å². The summed E-state index contributed by atoms with van der Waals surface area (Å²) >= 11 is 1.29. The molecule has 0 saturated carbocycles. The van der Waals surface area contributed by atoms with E-state index in [-0.39, 0.29) is 18.7 Å². The summed E-state index contributed by atoms with van der Waals surface area (Å²) in [4.78, 5) is 26.7. The number of carboxylic acids is 1. The van der Waals surface area contributed by atoms with Crippen molar-refractivity contribution in [1.82, 2.24) is 10.3 Å². The number of nitrogens with one attached hydrogen (secondary N) is 1. The molecule has 7 heteroatoms. The summed E-state index contributed by atoms with van der Waals surface area (Å²) in [5.74, 6) is 0.123. The van der Waals surface area contributed by atoms with Crippen LogP contribution < -0.4 is 10.1 Å². The van der Waals surface area contributed by atoms with Crippen LogP contribution in [0.25, 0.3) is 0 Å². The lowest BCUT2D eigenvalue weighted by molar-refractivity contribution is -0.136. The van der Waals surface area contributed by atoms with E-state index < -0.39 is 5.97 Å². The third-order valence-corrected chi connectivity index (χ3v) is 4.36. The number of thiazole rings is 1. The fourth-order valence-electron chi connectivity index (χ4n) is 2.31. The van der Waals surface area contributed by atoms with Gasteiger partial charge in [0.1, 0.15) is 17.4 Å². The summed E-state index contributed by atoms with van der Waals surface area (Å²) in [6, 6.07) is 7.88. The van der Waals surface area contributed by atoms with Gasteiger partial charge in [0.2, 0.25) is 5.91 Å². The highest BCUT2D eigenvalue weighted by Gasteiger charge is 2.10. The van der Waals surface area contributed by atoms with E-state index in [0.29, 0.717) is 29.8 Å². The molecule has 0 aliphatic rings. The van der Waals surface area contributed by atoms with Crippen molar-refractivity contribution in [3.05, 3.63) is 45.9 Å². The van der Waals surface area contributed by atoms with Crippen LogP contribution in [0.1, 0.15) is 36.0 Å². The minimum Gasteiger partial charge on any atom is -0.491 e. The molecule has 0 unspecified atom stereocenters. The van der Waals surface area contributed by atoms with Crippen LogP contribution in [0.2, 0.25) is 0 Å². The molecule has 2 rings (SSSR count). The normalized spacial score (nSPS) is 10.7. The molecule has 0 atom stereocenters. The number of rotatable bonds is 9. The molecule has 0 fully saturated rings. The van der Waals surface area contributed by atoms with E-state index in [9.17, 15) is 9.59 Å². The third-order valence-electron chi connectivity index (χ3n) is 3.47. The van der Waals surface area contributed by atoms with Gasteiger partial charge in [0.05, 0.1) is 25.1 Å². The smallest absolute Gasteiger partial charge is 0.309 e. The summed E-state index contributed by atoms with van der Waals surface area (Å²) < 4.78 is 5.75. The molecule has 0 aliphatic heterocycles. The molecule has 1 amide bonds. The van der Waals surface area contributed by atoms with Crippen molar-refractivity contribution in [2.24, 2.45) is 0 Å². The lowest BCUT2D eigenvalue weighted by atomic mass is 10.0. The van der Waals surface area contributed by atoms with Crippen molar-refractivity contribution >= 4 is 23.2 Å². The Balaban J connectivity index is 1.74. The fraction of sp³-hybridized carbons (Fsp3) is 0.389. The van der Waals surface area contributed by atoms with Gasteiger partial charge in [-0.25, -0.2) is 4.98 Å². The van der Waals surface area contributed by atoms with Crippen LogP contribution in [0.3, 0.4) is 0 Å². The largest absolute Gasteiger partial charge is 0.491 e. The van der Waals surface area contributed by atoms with Gasteiger partial charge in [-0.1, -0.05) is 32.0 Å². The zero-order chi connectivity index (χ0) is 18.2. The van der Waals surface area contributed by atoms with Crippen molar-refractivity contribution in [3.8, 4) is 5.75 Å². The Morgan fingerprint density at radius 2 is 2.04 bits per heavy atom. The van der Waals surface area contributed by atoms with Gasteiger partial charge in [-0.3, -0.25) is 9.59 Å². The predicted octanol–water partition coefficient (Wildman–Crippen LogP) is 2.63. The van der Waals surface area contributed by atoms with Crippen LogP contribution in [0.4, 0.5) is 0 Å². The molecule has 0 bridgehead atoms. The van der Waals surface area contributed by atoms with Crippen molar-refractivity contribution in [1.29, 1.82) is 0 Å². The van der Waals surface area contributed by atoms with Crippen molar-refractivity contribution in [2.75, 3.05) is 13.2 Å². The average Bonchev–Trinajstić information content (AvgIpc) is 2.97. The fourth-order valence-corrected chi connectivity index (χ4v) is 3.10. The maximum absolute atomic E-state index is 11.9. The summed E-state index contributed by atoms with van der Waals surface area (Å²) in [5, 5.41) is 13.8. The SMILES string of the molecule is CC(C)c1ccccc1OCCNC(=O)Cc1nc(CC(=O)O)cs1. The zero-order valence-corrected chi connectivity index (χ0v) is 15.1. The number of aromatic nitrogens is 1. The molecule has 1 heterocycles. The maximum Gasteiger partial charge on any atom is 0.309 e. The van der Waals surface area contributed by atoms with Crippen molar-refractivity contribution in [3.63, 3.8) is 0 Å². The van der Waals surface area contributed by atoms with Gasteiger partial charge >= 0.3 is 5.97 Å². The number of amides is 1. The number of carboxylic acid groups (broad SMARTS) is 1. The van der Waals surface area contributed by atoms with Crippen LogP contribution in [0.5, 0.6) is 5.75 Å². The molecule has 134 valence electrons.